The summed E-state index contributed by atoms with van der Waals surface area (Å²) in [5.74, 6) is 0.455. The van der Waals surface area contributed by atoms with Crippen LogP contribution in [0.15, 0.2) is 40.7 Å². The van der Waals surface area contributed by atoms with Gasteiger partial charge in [0.2, 0.25) is 0 Å². The Kier molecular flexibility index (Phi) is 11.9. The zero-order valence-electron chi connectivity index (χ0n) is 15.6. The van der Waals surface area contributed by atoms with E-state index in [1.165, 1.54) is 23.5 Å². The Morgan fingerprint density at radius 3 is 2.66 bits per heavy atom. The Morgan fingerprint density at radius 2 is 2.00 bits per heavy atom. The summed E-state index contributed by atoms with van der Waals surface area (Å²) in [6.07, 6.45) is 0.689. The standard InChI is InChI=1S/C18H21ClF2N4O2S.HI/c1-22-18(24-8-3-7-23-16(26)15-4-2-9-28-15)25-11-12-10-13(19)5-6-14(12)27-17(20)21;/h2,4-6,9-10,17H,3,7-8,11H2,1H3,(H,23,26)(H2,22,24,25);1H. The van der Waals surface area contributed by atoms with Gasteiger partial charge in [0.25, 0.3) is 5.91 Å². The number of hydrogen-bond donors (Lipinski definition) is 3. The van der Waals surface area contributed by atoms with Gasteiger partial charge in [-0.1, -0.05) is 17.7 Å². The average molecular weight is 559 g/mol. The van der Waals surface area contributed by atoms with Gasteiger partial charge in [0, 0.05) is 37.3 Å². The number of guanidine groups is 1. The highest BCUT2D eigenvalue weighted by Crippen LogP contribution is 2.24. The van der Waals surface area contributed by atoms with E-state index < -0.39 is 6.61 Å². The van der Waals surface area contributed by atoms with Crippen LogP contribution in [0.4, 0.5) is 8.78 Å². The quantitative estimate of drug-likeness (QED) is 0.188. The molecule has 160 valence electrons. The van der Waals surface area contributed by atoms with Crippen LogP contribution in [-0.4, -0.2) is 38.6 Å². The van der Waals surface area contributed by atoms with E-state index in [1.807, 2.05) is 11.4 Å². The summed E-state index contributed by atoms with van der Waals surface area (Å²) in [4.78, 5) is 16.6. The molecule has 0 aliphatic heterocycles. The van der Waals surface area contributed by atoms with E-state index in [0.717, 1.165) is 0 Å². The maximum absolute atomic E-state index is 12.5. The zero-order valence-corrected chi connectivity index (χ0v) is 19.5. The van der Waals surface area contributed by atoms with Gasteiger partial charge in [-0.25, -0.2) is 0 Å². The van der Waals surface area contributed by atoms with Crippen molar-refractivity contribution in [2.45, 2.75) is 19.6 Å². The number of benzene rings is 1. The Morgan fingerprint density at radius 1 is 1.24 bits per heavy atom. The molecule has 0 saturated carbocycles. The van der Waals surface area contributed by atoms with E-state index in [4.69, 9.17) is 11.6 Å². The highest BCUT2D eigenvalue weighted by molar-refractivity contribution is 14.0. The maximum Gasteiger partial charge on any atom is 0.387 e. The fourth-order valence-corrected chi connectivity index (χ4v) is 3.12. The van der Waals surface area contributed by atoms with Crippen LogP contribution in [0.25, 0.3) is 0 Å². The highest BCUT2D eigenvalue weighted by atomic mass is 127. The van der Waals surface area contributed by atoms with E-state index >= 15 is 0 Å². The highest BCUT2D eigenvalue weighted by Gasteiger charge is 2.11. The summed E-state index contributed by atoms with van der Waals surface area (Å²) in [6, 6.07) is 8.04. The Bertz CT molecular complexity index is 794. The lowest BCUT2D eigenvalue weighted by Crippen LogP contribution is -2.38. The van der Waals surface area contributed by atoms with Gasteiger partial charge in [-0.2, -0.15) is 8.78 Å². The Hall–Kier alpha value is -1.66. The molecule has 0 radical (unpaired) electrons. The first-order chi connectivity index (χ1) is 13.5. The number of thiophene rings is 1. The molecule has 11 heteroatoms. The molecule has 3 N–H and O–H groups in total. The molecule has 0 bridgehead atoms. The van der Waals surface area contributed by atoms with Gasteiger partial charge in [0.15, 0.2) is 5.96 Å². The lowest BCUT2D eigenvalue weighted by Gasteiger charge is -2.15. The molecule has 2 aromatic rings. The smallest absolute Gasteiger partial charge is 0.387 e. The van der Waals surface area contributed by atoms with Crippen LogP contribution in [0.1, 0.15) is 21.7 Å². The van der Waals surface area contributed by atoms with Crippen molar-refractivity contribution >= 4 is 58.8 Å². The monoisotopic (exact) mass is 558 g/mol. The number of amides is 1. The predicted octanol–water partition coefficient (Wildman–Crippen LogP) is 4.11. The summed E-state index contributed by atoms with van der Waals surface area (Å²) < 4.78 is 29.5. The fraction of sp³-hybridized carbons (Fsp3) is 0.333. The lowest BCUT2D eigenvalue weighted by atomic mass is 10.2. The van der Waals surface area contributed by atoms with Gasteiger partial charge in [0.1, 0.15) is 5.75 Å². The van der Waals surface area contributed by atoms with Crippen molar-refractivity contribution in [1.82, 2.24) is 16.0 Å². The second-order valence-corrected chi connectivity index (χ2v) is 6.95. The van der Waals surface area contributed by atoms with Crippen molar-refractivity contribution in [1.29, 1.82) is 0 Å². The Balaban J connectivity index is 0.00000420. The number of aliphatic imine (C=N–C) groups is 1. The molecule has 6 nitrogen and oxygen atoms in total. The molecule has 1 heterocycles. The number of ether oxygens (including phenoxy) is 1. The molecule has 29 heavy (non-hydrogen) atoms. The molecule has 0 saturated heterocycles. The first-order valence-electron chi connectivity index (χ1n) is 8.49. The fourth-order valence-electron chi connectivity index (χ4n) is 2.29. The van der Waals surface area contributed by atoms with Crippen LogP contribution in [0, 0.1) is 0 Å². The molecule has 1 aromatic carbocycles. The first kappa shape index (κ1) is 25.4. The second-order valence-electron chi connectivity index (χ2n) is 5.57. The minimum Gasteiger partial charge on any atom is -0.434 e. The SMILES string of the molecule is CN=C(NCCCNC(=O)c1cccs1)NCc1cc(Cl)ccc1OC(F)F.I. The summed E-state index contributed by atoms with van der Waals surface area (Å²) in [5.41, 5.74) is 0.485. The molecule has 0 aliphatic rings. The lowest BCUT2D eigenvalue weighted by molar-refractivity contribution is -0.0504. The van der Waals surface area contributed by atoms with Crippen LogP contribution in [0.2, 0.25) is 5.02 Å². The average Bonchev–Trinajstić information content (AvgIpc) is 3.20. The largest absolute Gasteiger partial charge is 0.434 e. The normalized spacial score (nSPS) is 11.0. The summed E-state index contributed by atoms with van der Waals surface area (Å²) >= 11 is 7.32. The van der Waals surface area contributed by atoms with Crippen LogP contribution >= 0.6 is 46.9 Å². The van der Waals surface area contributed by atoms with Crippen LogP contribution in [0.5, 0.6) is 5.75 Å². The number of carbonyl (C=O) groups is 1. The molecular weight excluding hydrogens is 537 g/mol. The van der Waals surface area contributed by atoms with Crippen molar-refractivity contribution in [3.63, 3.8) is 0 Å². The molecule has 0 fully saturated rings. The van der Waals surface area contributed by atoms with Crippen LogP contribution in [-0.2, 0) is 6.54 Å². The van der Waals surface area contributed by atoms with Crippen molar-refractivity contribution in [3.05, 3.63) is 51.2 Å². The number of alkyl halides is 2. The summed E-state index contributed by atoms with van der Waals surface area (Å²) in [7, 11) is 1.60. The third-order valence-electron chi connectivity index (χ3n) is 3.59. The minimum atomic E-state index is -2.92. The number of nitrogens with one attached hydrogen (secondary N) is 3. The van der Waals surface area contributed by atoms with Crippen molar-refractivity contribution in [2.75, 3.05) is 20.1 Å². The molecule has 1 amide bonds. The second kappa shape index (κ2) is 13.5. The molecule has 0 atom stereocenters. The third-order valence-corrected chi connectivity index (χ3v) is 4.69. The molecule has 2 rings (SSSR count). The van der Waals surface area contributed by atoms with Gasteiger partial charge in [0.05, 0.1) is 4.88 Å². The van der Waals surface area contributed by atoms with Crippen molar-refractivity contribution in [3.8, 4) is 5.75 Å². The first-order valence-corrected chi connectivity index (χ1v) is 9.75. The van der Waals surface area contributed by atoms with Crippen LogP contribution in [0.3, 0.4) is 0 Å². The number of hydrogen-bond acceptors (Lipinski definition) is 4. The third kappa shape index (κ3) is 9.13. The zero-order chi connectivity index (χ0) is 20.4. The molecule has 0 spiro atoms. The summed E-state index contributed by atoms with van der Waals surface area (Å²) in [5, 5.41) is 11.2. The number of nitrogens with zero attached hydrogens (tertiary/aromatic N) is 1. The minimum absolute atomic E-state index is 0. The number of carbonyl (C=O) groups excluding carboxylic acids is 1. The summed E-state index contributed by atoms with van der Waals surface area (Å²) in [6.45, 7) is -1.62. The van der Waals surface area contributed by atoms with Gasteiger partial charge < -0.3 is 20.7 Å². The van der Waals surface area contributed by atoms with Gasteiger partial charge in [-0.15, -0.1) is 35.3 Å². The van der Waals surface area contributed by atoms with Crippen molar-refractivity contribution < 1.29 is 18.3 Å². The molecule has 1 aromatic heterocycles. The molecule has 0 aliphatic carbocycles. The van der Waals surface area contributed by atoms with Crippen molar-refractivity contribution in [2.24, 2.45) is 4.99 Å². The Labute approximate surface area is 194 Å². The van der Waals surface area contributed by atoms with E-state index in [9.17, 15) is 13.6 Å². The molecular formula is C18H22ClF2IN4O2S. The number of halogens is 4. The number of rotatable bonds is 9. The van der Waals surface area contributed by atoms with E-state index in [-0.39, 0.29) is 42.2 Å². The molecule has 0 unspecified atom stereocenters. The van der Waals surface area contributed by atoms with Gasteiger partial charge in [-0.05, 0) is 36.1 Å². The topological polar surface area (TPSA) is 74.8 Å². The van der Waals surface area contributed by atoms with E-state index in [2.05, 4.69) is 25.7 Å². The van der Waals surface area contributed by atoms with E-state index in [0.29, 0.717) is 40.9 Å². The van der Waals surface area contributed by atoms with E-state index in [1.54, 1.807) is 19.2 Å². The van der Waals surface area contributed by atoms with Gasteiger partial charge >= 0.3 is 6.61 Å². The maximum atomic E-state index is 12.5. The predicted molar refractivity (Wildman–Crippen MR) is 123 cm³/mol. The van der Waals surface area contributed by atoms with Gasteiger partial charge in [-0.3, -0.25) is 9.79 Å². The van der Waals surface area contributed by atoms with Crippen LogP contribution < -0.4 is 20.7 Å².